The minimum atomic E-state index is -0.865. The van der Waals surface area contributed by atoms with Crippen molar-refractivity contribution in [1.29, 1.82) is 0 Å². The fourth-order valence-corrected chi connectivity index (χ4v) is 4.25. The molecule has 0 radical (unpaired) electrons. The number of amides is 1. The number of benzene rings is 2. The zero-order valence-electron chi connectivity index (χ0n) is 16.7. The number of aliphatic hydroxyl groups excluding tert-OH is 1. The van der Waals surface area contributed by atoms with E-state index in [-0.39, 0.29) is 16.5 Å². The van der Waals surface area contributed by atoms with Crippen LogP contribution >= 0.6 is 22.9 Å². The molecular formula is C22H18ClN3O4S. The van der Waals surface area contributed by atoms with Crippen LogP contribution in [0.3, 0.4) is 0 Å². The van der Waals surface area contributed by atoms with Crippen LogP contribution in [0.25, 0.3) is 5.76 Å². The van der Waals surface area contributed by atoms with Crippen LogP contribution in [0.2, 0.25) is 5.02 Å². The topological polar surface area (TPSA) is 92.6 Å². The molecule has 158 valence electrons. The number of rotatable bonds is 5. The first-order valence-electron chi connectivity index (χ1n) is 9.50. The Bertz CT molecular complexity index is 1170. The first-order chi connectivity index (χ1) is 14.9. The molecule has 2 heterocycles. The maximum absolute atomic E-state index is 13.0. The summed E-state index contributed by atoms with van der Waals surface area (Å²) in [5.74, 6) is -1.20. The summed E-state index contributed by atoms with van der Waals surface area (Å²) in [5.41, 5.74) is 0.988. The quantitative estimate of drug-likeness (QED) is 0.345. The van der Waals surface area contributed by atoms with E-state index < -0.39 is 17.7 Å². The van der Waals surface area contributed by atoms with E-state index in [1.807, 2.05) is 6.92 Å². The van der Waals surface area contributed by atoms with Gasteiger partial charge in [0, 0.05) is 10.6 Å². The maximum atomic E-state index is 13.0. The lowest BCUT2D eigenvalue weighted by molar-refractivity contribution is -0.132. The number of ketones is 1. The Labute approximate surface area is 187 Å². The average molecular weight is 456 g/mol. The van der Waals surface area contributed by atoms with Crippen molar-refractivity contribution in [2.24, 2.45) is 0 Å². The van der Waals surface area contributed by atoms with Crippen molar-refractivity contribution in [2.75, 3.05) is 11.5 Å². The molecular weight excluding hydrogens is 438 g/mol. The summed E-state index contributed by atoms with van der Waals surface area (Å²) in [6.07, 6.45) is 0. The molecule has 7 nitrogen and oxygen atoms in total. The summed E-state index contributed by atoms with van der Waals surface area (Å²) in [5, 5.41) is 20.5. The standard InChI is InChI=1S/C22H18ClN3O4S/c1-3-30-16-10-6-14(7-11-16)19(27)17-18(13-4-8-15(23)9-5-13)26(21(29)20(17)28)22-25-24-12(2)31-22/h4-11,18,27H,3H2,1-2H3/b19-17+/t18-/m0/s1. The lowest BCUT2D eigenvalue weighted by Crippen LogP contribution is -2.29. The molecule has 3 aromatic rings. The molecule has 1 aliphatic heterocycles. The van der Waals surface area contributed by atoms with Crippen molar-refractivity contribution in [3.8, 4) is 5.75 Å². The smallest absolute Gasteiger partial charge is 0.301 e. The van der Waals surface area contributed by atoms with E-state index in [1.165, 1.54) is 16.2 Å². The van der Waals surface area contributed by atoms with Gasteiger partial charge in [0.25, 0.3) is 5.78 Å². The number of carbonyl (C=O) groups is 2. The Morgan fingerprint density at radius 2 is 1.81 bits per heavy atom. The van der Waals surface area contributed by atoms with Crippen LogP contribution in [-0.4, -0.2) is 33.6 Å². The van der Waals surface area contributed by atoms with Gasteiger partial charge < -0.3 is 9.84 Å². The third kappa shape index (κ3) is 3.92. The van der Waals surface area contributed by atoms with Crippen molar-refractivity contribution in [3.05, 3.63) is 75.3 Å². The maximum Gasteiger partial charge on any atom is 0.301 e. The molecule has 9 heteroatoms. The third-order valence-corrected chi connectivity index (χ3v) is 5.88. The summed E-state index contributed by atoms with van der Waals surface area (Å²) in [7, 11) is 0. The van der Waals surface area contributed by atoms with Crippen LogP contribution in [0, 0.1) is 6.92 Å². The highest BCUT2D eigenvalue weighted by atomic mass is 35.5. The molecule has 1 amide bonds. The zero-order chi connectivity index (χ0) is 22.1. The molecule has 1 aromatic heterocycles. The molecule has 1 saturated heterocycles. The predicted octanol–water partition coefficient (Wildman–Crippen LogP) is 4.52. The molecule has 1 fully saturated rings. The number of Topliss-reactive ketones (excluding diaryl/α,β-unsaturated/α-hetero) is 1. The molecule has 0 bridgehead atoms. The first kappa shape index (κ1) is 21.0. The number of aromatic nitrogens is 2. The van der Waals surface area contributed by atoms with E-state index >= 15 is 0 Å². The van der Waals surface area contributed by atoms with Gasteiger partial charge in [0.15, 0.2) is 0 Å². The van der Waals surface area contributed by atoms with Crippen molar-refractivity contribution < 1.29 is 19.4 Å². The highest BCUT2D eigenvalue weighted by Gasteiger charge is 2.48. The molecule has 0 unspecified atom stereocenters. The second kappa shape index (κ2) is 8.49. The number of halogens is 1. The van der Waals surface area contributed by atoms with Gasteiger partial charge in [0.2, 0.25) is 5.13 Å². The van der Waals surface area contributed by atoms with E-state index in [9.17, 15) is 14.7 Å². The zero-order valence-corrected chi connectivity index (χ0v) is 18.3. The number of hydrogen-bond acceptors (Lipinski definition) is 7. The van der Waals surface area contributed by atoms with Gasteiger partial charge in [0.1, 0.15) is 16.5 Å². The molecule has 0 spiro atoms. The van der Waals surface area contributed by atoms with Crippen molar-refractivity contribution >= 4 is 45.5 Å². The molecule has 0 aliphatic carbocycles. The third-order valence-electron chi connectivity index (χ3n) is 4.79. The number of anilines is 1. The molecule has 31 heavy (non-hydrogen) atoms. The molecule has 1 atom stereocenters. The number of nitrogens with zero attached hydrogens (tertiary/aromatic N) is 3. The van der Waals surface area contributed by atoms with E-state index in [0.717, 1.165) is 0 Å². The van der Waals surface area contributed by atoms with Crippen LogP contribution in [0.5, 0.6) is 5.75 Å². The normalized spacial score (nSPS) is 17.9. The number of hydrogen-bond donors (Lipinski definition) is 1. The van der Waals surface area contributed by atoms with Gasteiger partial charge in [0.05, 0.1) is 18.2 Å². The first-order valence-corrected chi connectivity index (χ1v) is 10.7. The van der Waals surface area contributed by atoms with Gasteiger partial charge >= 0.3 is 5.91 Å². The van der Waals surface area contributed by atoms with Crippen LogP contribution in [0.15, 0.2) is 54.1 Å². The summed E-state index contributed by atoms with van der Waals surface area (Å²) in [4.78, 5) is 27.3. The van der Waals surface area contributed by atoms with Gasteiger partial charge in [-0.1, -0.05) is 35.1 Å². The Hall–Kier alpha value is -3.23. The SMILES string of the molecule is CCOc1ccc(/C(O)=C2\C(=O)C(=O)N(c3nnc(C)s3)[C@H]2c2ccc(Cl)cc2)cc1. The predicted molar refractivity (Wildman–Crippen MR) is 118 cm³/mol. The molecule has 1 aliphatic rings. The van der Waals surface area contributed by atoms with E-state index in [0.29, 0.717) is 33.5 Å². The van der Waals surface area contributed by atoms with Gasteiger partial charge in [-0.3, -0.25) is 14.5 Å². The largest absolute Gasteiger partial charge is 0.507 e. The Kier molecular flexibility index (Phi) is 5.75. The van der Waals surface area contributed by atoms with Gasteiger partial charge in [-0.25, -0.2) is 0 Å². The van der Waals surface area contributed by atoms with E-state index in [4.69, 9.17) is 16.3 Å². The van der Waals surface area contributed by atoms with Crippen LogP contribution in [0.1, 0.15) is 29.1 Å². The minimum Gasteiger partial charge on any atom is -0.507 e. The highest BCUT2D eigenvalue weighted by molar-refractivity contribution is 7.15. The lowest BCUT2D eigenvalue weighted by atomic mass is 9.95. The van der Waals surface area contributed by atoms with Crippen molar-refractivity contribution in [1.82, 2.24) is 10.2 Å². The highest BCUT2D eigenvalue weighted by Crippen LogP contribution is 2.43. The van der Waals surface area contributed by atoms with Crippen LogP contribution in [-0.2, 0) is 9.59 Å². The summed E-state index contributed by atoms with van der Waals surface area (Å²) in [6.45, 7) is 4.14. The number of aryl methyl sites for hydroxylation is 1. The monoisotopic (exact) mass is 455 g/mol. The number of aliphatic hydroxyl groups is 1. The second-order valence-electron chi connectivity index (χ2n) is 6.78. The van der Waals surface area contributed by atoms with Crippen LogP contribution in [0.4, 0.5) is 5.13 Å². The van der Waals surface area contributed by atoms with Gasteiger partial charge in [-0.05, 0) is 55.8 Å². The minimum absolute atomic E-state index is 0.0238. The molecule has 2 aromatic carbocycles. The van der Waals surface area contributed by atoms with Crippen LogP contribution < -0.4 is 9.64 Å². The average Bonchev–Trinajstić information content (AvgIpc) is 3.30. The Balaban J connectivity index is 1.87. The van der Waals surface area contributed by atoms with Gasteiger partial charge in [-0.2, -0.15) is 0 Å². The van der Waals surface area contributed by atoms with E-state index in [1.54, 1.807) is 55.5 Å². The Morgan fingerprint density at radius 3 is 2.39 bits per heavy atom. The van der Waals surface area contributed by atoms with Gasteiger partial charge in [-0.15, -0.1) is 10.2 Å². The van der Waals surface area contributed by atoms with Crippen molar-refractivity contribution in [2.45, 2.75) is 19.9 Å². The molecule has 1 N–H and O–H groups in total. The summed E-state index contributed by atoms with van der Waals surface area (Å²) in [6, 6.07) is 12.6. The number of carbonyl (C=O) groups excluding carboxylic acids is 2. The second-order valence-corrected chi connectivity index (χ2v) is 8.38. The summed E-state index contributed by atoms with van der Waals surface area (Å²) >= 11 is 7.22. The van der Waals surface area contributed by atoms with E-state index in [2.05, 4.69) is 10.2 Å². The molecule has 0 saturated carbocycles. The fourth-order valence-electron chi connectivity index (χ4n) is 3.40. The molecule has 4 rings (SSSR count). The Morgan fingerprint density at radius 1 is 1.13 bits per heavy atom. The fraction of sp³-hybridized carbons (Fsp3) is 0.182. The number of ether oxygens (including phenoxy) is 1. The lowest BCUT2D eigenvalue weighted by Gasteiger charge is -2.22. The van der Waals surface area contributed by atoms with Crippen molar-refractivity contribution in [3.63, 3.8) is 0 Å². The summed E-state index contributed by atoms with van der Waals surface area (Å²) < 4.78 is 5.43.